The number of nitrogens with one attached hydrogen (secondary N) is 1. The maximum absolute atomic E-state index is 12.3. The number of alkyl halides is 2. The Balaban J connectivity index is 2.65. The van der Waals surface area contributed by atoms with E-state index in [9.17, 15) is 8.78 Å². The summed E-state index contributed by atoms with van der Waals surface area (Å²) in [5, 5.41) is 9.13. The minimum atomic E-state index is -2.87. The smallest absolute Gasteiger partial charge is 0.387 e. The largest absolute Gasteiger partial charge is 0.434 e. The molecular formula is C14H19F2N3OS. The summed E-state index contributed by atoms with van der Waals surface area (Å²) in [5.41, 5.74) is 0.459. The minimum Gasteiger partial charge on any atom is -0.434 e. The molecule has 1 aromatic carbocycles. The molecule has 0 fully saturated rings. The summed E-state index contributed by atoms with van der Waals surface area (Å²) in [6.07, 6.45) is 3.52. The van der Waals surface area contributed by atoms with E-state index in [1.54, 1.807) is 25.2 Å². The van der Waals surface area contributed by atoms with Crippen LogP contribution < -0.4 is 10.1 Å². The van der Waals surface area contributed by atoms with Crippen LogP contribution in [0.4, 0.5) is 8.78 Å². The lowest BCUT2D eigenvalue weighted by Gasteiger charge is -2.15. The molecule has 0 atom stereocenters. The van der Waals surface area contributed by atoms with Crippen LogP contribution >= 0.6 is 12.2 Å². The standard InChI is InChI=1S/C14H19F2N3OS/c1-3-4-9-17-14(21)19(2)18-10-11-7-5-6-8-12(11)20-13(15)16/h5-8,10,13H,3-4,9H2,1-2H3,(H,17,21)/b18-10-. The van der Waals surface area contributed by atoms with Gasteiger partial charge in [-0.3, -0.25) is 0 Å². The van der Waals surface area contributed by atoms with E-state index in [1.807, 2.05) is 0 Å². The summed E-state index contributed by atoms with van der Waals surface area (Å²) in [6.45, 7) is 0.00126. The van der Waals surface area contributed by atoms with Crippen LogP contribution in [0.5, 0.6) is 5.75 Å². The van der Waals surface area contributed by atoms with Gasteiger partial charge in [0.05, 0.1) is 6.21 Å². The van der Waals surface area contributed by atoms with Gasteiger partial charge >= 0.3 is 6.61 Å². The van der Waals surface area contributed by atoms with Gasteiger partial charge in [0.2, 0.25) is 0 Å². The molecule has 7 heteroatoms. The van der Waals surface area contributed by atoms with Crippen LogP contribution in [0.15, 0.2) is 29.4 Å². The van der Waals surface area contributed by atoms with Crippen LogP contribution in [-0.2, 0) is 0 Å². The Hall–Kier alpha value is -1.76. The average molecular weight is 315 g/mol. The molecule has 0 amide bonds. The highest BCUT2D eigenvalue weighted by Crippen LogP contribution is 2.18. The predicted molar refractivity (Wildman–Crippen MR) is 83.9 cm³/mol. The maximum atomic E-state index is 12.3. The van der Waals surface area contributed by atoms with E-state index in [4.69, 9.17) is 12.2 Å². The van der Waals surface area contributed by atoms with Crippen molar-refractivity contribution in [3.8, 4) is 5.75 Å². The molecule has 1 rings (SSSR count). The van der Waals surface area contributed by atoms with Crippen molar-refractivity contribution < 1.29 is 13.5 Å². The zero-order valence-corrected chi connectivity index (χ0v) is 12.9. The Morgan fingerprint density at radius 1 is 1.48 bits per heavy atom. The SMILES string of the molecule is CCCCNC(=S)N(C)/N=C\c1ccccc1OC(F)F. The number of thiocarbonyl (C=S) groups is 1. The van der Waals surface area contributed by atoms with Crippen LogP contribution in [0.3, 0.4) is 0 Å². The summed E-state index contributed by atoms with van der Waals surface area (Å²) in [6, 6.07) is 6.45. The molecule has 0 aliphatic carbocycles. The number of para-hydroxylation sites is 1. The Labute approximate surface area is 128 Å². The molecular weight excluding hydrogens is 296 g/mol. The molecule has 4 nitrogen and oxygen atoms in total. The fourth-order valence-corrected chi connectivity index (χ4v) is 1.63. The molecule has 0 aromatic heterocycles. The van der Waals surface area contributed by atoms with Crippen molar-refractivity contribution in [2.75, 3.05) is 13.6 Å². The van der Waals surface area contributed by atoms with Crippen molar-refractivity contribution >= 4 is 23.5 Å². The zero-order valence-electron chi connectivity index (χ0n) is 12.1. The topological polar surface area (TPSA) is 36.9 Å². The van der Waals surface area contributed by atoms with Crippen molar-refractivity contribution in [1.29, 1.82) is 0 Å². The van der Waals surface area contributed by atoms with Crippen molar-refractivity contribution in [3.63, 3.8) is 0 Å². The zero-order chi connectivity index (χ0) is 15.7. The third-order valence-corrected chi connectivity index (χ3v) is 3.01. The van der Waals surface area contributed by atoms with Crippen molar-refractivity contribution in [3.05, 3.63) is 29.8 Å². The lowest BCUT2D eigenvalue weighted by atomic mass is 10.2. The van der Waals surface area contributed by atoms with Gasteiger partial charge in [-0.1, -0.05) is 25.5 Å². The van der Waals surface area contributed by atoms with Gasteiger partial charge in [-0.15, -0.1) is 0 Å². The normalized spacial score (nSPS) is 10.9. The quantitative estimate of drug-likeness (QED) is 0.363. The number of halogens is 2. The molecule has 0 aliphatic heterocycles. The van der Waals surface area contributed by atoms with Crippen LogP contribution in [0.25, 0.3) is 0 Å². The van der Waals surface area contributed by atoms with Gasteiger partial charge in [-0.25, -0.2) is 5.01 Å². The Kier molecular flexibility index (Phi) is 7.60. The lowest BCUT2D eigenvalue weighted by molar-refractivity contribution is -0.0499. The van der Waals surface area contributed by atoms with E-state index in [1.165, 1.54) is 17.3 Å². The highest BCUT2D eigenvalue weighted by molar-refractivity contribution is 7.80. The molecule has 0 heterocycles. The molecule has 0 aliphatic rings. The number of nitrogens with zero attached hydrogens (tertiary/aromatic N) is 2. The van der Waals surface area contributed by atoms with E-state index in [-0.39, 0.29) is 5.75 Å². The van der Waals surface area contributed by atoms with Crippen LogP contribution in [-0.4, -0.2) is 36.5 Å². The van der Waals surface area contributed by atoms with E-state index < -0.39 is 6.61 Å². The number of hydrogen-bond donors (Lipinski definition) is 1. The predicted octanol–water partition coefficient (Wildman–Crippen LogP) is 3.23. The maximum Gasteiger partial charge on any atom is 0.387 e. The second kappa shape index (κ2) is 9.23. The van der Waals surface area contributed by atoms with Gasteiger partial charge in [-0.05, 0) is 30.8 Å². The lowest BCUT2D eigenvalue weighted by Crippen LogP contribution is -2.34. The highest BCUT2D eigenvalue weighted by Gasteiger charge is 2.08. The molecule has 1 N–H and O–H groups in total. The molecule has 0 unspecified atom stereocenters. The molecule has 1 aromatic rings. The number of rotatable bonds is 7. The second-order valence-corrected chi connectivity index (χ2v) is 4.66. The molecule has 0 spiro atoms. The molecule has 0 radical (unpaired) electrons. The van der Waals surface area contributed by atoms with Gasteiger partial charge in [0.25, 0.3) is 0 Å². The number of ether oxygens (including phenoxy) is 1. The molecule has 0 bridgehead atoms. The fraction of sp³-hybridized carbons (Fsp3) is 0.429. The molecule has 116 valence electrons. The van der Waals surface area contributed by atoms with Gasteiger partial charge in [-0.2, -0.15) is 13.9 Å². The summed E-state index contributed by atoms with van der Waals surface area (Å²) in [5.74, 6) is 0.0783. The third kappa shape index (κ3) is 6.48. The van der Waals surface area contributed by atoms with Gasteiger partial charge < -0.3 is 10.1 Å². The monoisotopic (exact) mass is 315 g/mol. The van der Waals surface area contributed by atoms with Crippen LogP contribution in [0.1, 0.15) is 25.3 Å². The van der Waals surface area contributed by atoms with Crippen LogP contribution in [0, 0.1) is 0 Å². The first-order chi connectivity index (χ1) is 10.0. The van der Waals surface area contributed by atoms with Gasteiger partial charge in [0, 0.05) is 19.2 Å². The summed E-state index contributed by atoms with van der Waals surface area (Å²) in [7, 11) is 1.69. The first-order valence-corrected chi connectivity index (χ1v) is 7.04. The number of benzene rings is 1. The number of hydrazone groups is 1. The number of hydrogen-bond acceptors (Lipinski definition) is 3. The minimum absolute atomic E-state index is 0.0783. The Morgan fingerprint density at radius 3 is 2.86 bits per heavy atom. The van der Waals surface area contributed by atoms with E-state index in [2.05, 4.69) is 22.1 Å². The summed E-state index contributed by atoms with van der Waals surface area (Å²) in [4.78, 5) is 0. The Bertz CT molecular complexity index is 483. The first-order valence-electron chi connectivity index (χ1n) is 6.64. The number of unbranched alkanes of at least 4 members (excludes halogenated alkanes) is 1. The Morgan fingerprint density at radius 2 is 2.19 bits per heavy atom. The second-order valence-electron chi connectivity index (χ2n) is 4.27. The summed E-state index contributed by atoms with van der Waals surface area (Å²) < 4.78 is 29.0. The molecule has 0 saturated carbocycles. The highest BCUT2D eigenvalue weighted by atomic mass is 32.1. The van der Waals surface area contributed by atoms with Crippen molar-refractivity contribution in [2.24, 2.45) is 5.10 Å². The van der Waals surface area contributed by atoms with Crippen LogP contribution in [0.2, 0.25) is 0 Å². The first kappa shape index (κ1) is 17.3. The van der Waals surface area contributed by atoms with E-state index >= 15 is 0 Å². The average Bonchev–Trinajstić information content (AvgIpc) is 2.45. The van der Waals surface area contributed by atoms with E-state index in [0.29, 0.717) is 10.7 Å². The molecule has 21 heavy (non-hydrogen) atoms. The van der Waals surface area contributed by atoms with E-state index in [0.717, 1.165) is 19.4 Å². The fourth-order valence-electron chi connectivity index (χ4n) is 1.48. The van der Waals surface area contributed by atoms with Crippen molar-refractivity contribution in [2.45, 2.75) is 26.4 Å². The van der Waals surface area contributed by atoms with Gasteiger partial charge in [0.15, 0.2) is 5.11 Å². The van der Waals surface area contributed by atoms with Crippen molar-refractivity contribution in [1.82, 2.24) is 10.3 Å². The molecule has 0 saturated heterocycles. The summed E-state index contributed by atoms with van der Waals surface area (Å²) >= 11 is 5.16. The third-order valence-electron chi connectivity index (χ3n) is 2.61. The van der Waals surface area contributed by atoms with Gasteiger partial charge in [0.1, 0.15) is 5.75 Å².